The van der Waals surface area contributed by atoms with Crippen LogP contribution in [0, 0.1) is 35.7 Å². The molecule has 0 amide bonds. The summed E-state index contributed by atoms with van der Waals surface area (Å²) in [7, 11) is 0. The van der Waals surface area contributed by atoms with Crippen molar-refractivity contribution in [2.75, 3.05) is 0 Å². The van der Waals surface area contributed by atoms with Crippen molar-refractivity contribution in [3.63, 3.8) is 0 Å². The Morgan fingerprint density at radius 1 is 1.18 bits per heavy atom. The largest absolute Gasteiger partial charge is 0.472 e. The second-order valence-corrected chi connectivity index (χ2v) is 1.12. The van der Waals surface area contributed by atoms with E-state index in [0.29, 0.717) is 0 Å². The van der Waals surface area contributed by atoms with Crippen LogP contribution in [0.3, 0.4) is 0 Å². The molecule has 2 N–H and O–H groups in total. The zero-order valence-corrected chi connectivity index (χ0v) is 5.21. The fourth-order valence-electron chi connectivity index (χ4n) is 0.196. The predicted octanol–water partition coefficient (Wildman–Crippen LogP) is -0.472. The van der Waals surface area contributed by atoms with Crippen LogP contribution < -0.4 is 0 Å². The molecule has 0 aliphatic rings. The average Bonchev–Trinajstić information content (AvgIpc) is 1.96. The minimum Gasteiger partial charge on any atom is -0.472 e. The molecule has 11 heavy (non-hydrogen) atoms. The Hall–Kier alpha value is -2.09. The molecule has 0 aliphatic carbocycles. The van der Waals surface area contributed by atoms with E-state index in [0.717, 1.165) is 0 Å². The maximum atomic E-state index is 9.75. The van der Waals surface area contributed by atoms with Crippen molar-refractivity contribution in [2.24, 2.45) is 0 Å². The van der Waals surface area contributed by atoms with Crippen LogP contribution in [-0.4, -0.2) is 16.3 Å². The summed E-state index contributed by atoms with van der Waals surface area (Å²) < 4.78 is 0. The topological polar surface area (TPSA) is 66.8 Å². The lowest BCUT2D eigenvalue weighted by Crippen LogP contribution is -1.85. The summed E-state index contributed by atoms with van der Waals surface area (Å²) in [6.45, 7) is 0. The molecule has 54 valence electrons. The van der Waals surface area contributed by atoms with Crippen LogP contribution in [0.15, 0.2) is 0 Å². The molecule has 0 fully saturated rings. The summed E-state index contributed by atoms with van der Waals surface area (Å²) in [6, 6.07) is 0. The summed E-state index contributed by atoms with van der Waals surface area (Å²) in [4.78, 5) is 13.1. The Bertz CT molecular complexity index is 310. The molecule has 0 aromatic heterocycles. The first-order valence-corrected chi connectivity index (χ1v) is 2.31. The third-order valence-electron chi connectivity index (χ3n) is 0.454. The van der Waals surface area contributed by atoms with E-state index in [1.54, 1.807) is 12.0 Å². The first-order valence-electron chi connectivity index (χ1n) is 2.31. The van der Waals surface area contributed by atoms with Crippen molar-refractivity contribution < 1.29 is 20.0 Å². The van der Waals surface area contributed by atoms with Crippen molar-refractivity contribution in [2.45, 2.75) is 0 Å². The third-order valence-corrected chi connectivity index (χ3v) is 0.454. The Balaban J connectivity index is 3.94. The standard InChI is InChI=1S/C7H2O4/c8-7(9)5-3-1-2-4-6-11-10/h10H,(H,8,9). The number of carbonyl (C=O) groups is 1. The van der Waals surface area contributed by atoms with Crippen molar-refractivity contribution >= 4 is 5.97 Å². The molecule has 0 aromatic carbocycles. The maximum absolute atomic E-state index is 9.75. The first kappa shape index (κ1) is 8.91. The smallest absolute Gasteiger partial charge is 0.382 e. The summed E-state index contributed by atoms with van der Waals surface area (Å²) in [5, 5.41) is 15.6. The van der Waals surface area contributed by atoms with E-state index < -0.39 is 5.97 Å². The molecule has 0 spiro atoms. The Kier molecular flexibility index (Phi) is 4.89. The van der Waals surface area contributed by atoms with Crippen molar-refractivity contribution in [3.8, 4) is 35.7 Å². The molecule has 0 saturated heterocycles. The van der Waals surface area contributed by atoms with Gasteiger partial charge in [-0.25, -0.2) is 4.79 Å². The highest BCUT2D eigenvalue weighted by Crippen LogP contribution is 1.57. The lowest BCUT2D eigenvalue weighted by atomic mass is 10.5. The first-order chi connectivity index (χ1) is 5.27. The molecule has 0 rings (SSSR count). The lowest BCUT2D eigenvalue weighted by molar-refractivity contribution is -0.171. The SMILES string of the molecule is O=C(O)C#CC#CC#COO. The lowest BCUT2D eigenvalue weighted by Gasteiger charge is -1.66. The summed E-state index contributed by atoms with van der Waals surface area (Å²) in [6.07, 6.45) is 1.75. The molecule has 0 bridgehead atoms. The Labute approximate surface area is 62.7 Å². The number of aliphatic carboxylic acids is 1. The van der Waals surface area contributed by atoms with Crippen LogP contribution >= 0.6 is 0 Å². The molecule has 0 aromatic rings. The van der Waals surface area contributed by atoms with Gasteiger partial charge in [-0.15, -0.1) is 0 Å². The van der Waals surface area contributed by atoms with Gasteiger partial charge in [-0.1, -0.05) is 0 Å². The van der Waals surface area contributed by atoms with E-state index in [4.69, 9.17) is 10.4 Å². The minimum absolute atomic E-state index is 1.26. The maximum Gasteiger partial charge on any atom is 0.382 e. The van der Waals surface area contributed by atoms with Crippen LogP contribution in [0.4, 0.5) is 0 Å². The van der Waals surface area contributed by atoms with Gasteiger partial charge in [0.2, 0.25) is 0 Å². The number of carboxylic acid groups (broad SMARTS) is 1. The van der Waals surface area contributed by atoms with Crippen LogP contribution in [0.1, 0.15) is 0 Å². The molecule has 0 radical (unpaired) electrons. The van der Waals surface area contributed by atoms with E-state index in [1.807, 2.05) is 11.8 Å². The second-order valence-electron chi connectivity index (χ2n) is 1.12. The molecular formula is C7H2O4. The number of hydrogen-bond donors (Lipinski definition) is 2. The van der Waals surface area contributed by atoms with Gasteiger partial charge in [-0.05, 0) is 11.8 Å². The van der Waals surface area contributed by atoms with Gasteiger partial charge in [0, 0.05) is 17.8 Å². The van der Waals surface area contributed by atoms with Gasteiger partial charge in [0.15, 0.2) is 6.11 Å². The van der Waals surface area contributed by atoms with Gasteiger partial charge >= 0.3 is 5.97 Å². The average molecular weight is 150 g/mol. The van der Waals surface area contributed by atoms with Gasteiger partial charge in [0.1, 0.15) is 0 Å². The Morgan fingerprint density at radius 2 is 1.82 bits per heavy atom. The molecule has 4 heteroatoms. The van der Waals surface area contributed by atoms with Crippen LogP contribution in [-0.2, 0) is 9.68 Å². The number of rotatable bonds is 0. The molecular weight excluding hydrogens is 148 g/mol. The quantitative estimate of drug-likeness (QED) is 0.278. The highest BCUT2D eigenvalue weighted by molar-refractivity contribution is 5.87. The molecule has 0 unspecified atom stereocenters. The van der Waals surface area contributed by atoms with Crippen LogP contribution in [0.5, 0.6) is 0 Å². The summed E-state index contributed by atoms with van der Waals surface area (Å²) in [5.74, 6) is 8.71. The van der Waals surface area contributed by atoms with E-state index >= 15 is 0 Å². The minimum atomic E-state index is -1.26. The van der Waals surface area contributed by atoms with Crippen molar-refractivity contribution in [1.82, 2.24) is 0 Å². The van der Waals surface area contributed by atoms with Crippen LogP contribution in [0.2, 0.25) is 0 Å². The normalized spacial score (nSPS) is 5.18. The molecule has 0 saturated carbocycles. The van der Waals surface area contributed by atoms with Gasteiger partial charge in [0.25, 0.3) is 0 Å². The zero-order chi connectivity index (χ0) is 8.53. The molecule has 0 heterocycles. The van der Waals surface area contributed by atoms with E-state index in [2.05, 4.69) is 16.7 Å². The molecule has 0 atom stereocenters. The van der Waals surface area contributed by atoms with Gasteiger partial charge in [0.05, 0.1) is 0 Å². The Morgan fingerprint density at radius 3 is 2.36 bits per heavy atom. The number of hydrogen-bond acceptors (Lipinski definition) is 3. The van der Waals surface area contributed by atoms with Gasteiger partial charge in [-0.2, -0.15) is 5.26 Å². The van der Waals surface area contributed by atoms with Gasteiger partial charge in [-0.3, -0.25) is 4.89 Å². The zero-order valence-electron chi connectivity index (χ0n) is 5.21. The monoisotopic (exact) mass is 150 g/mol. The van der Waals surface area contributed by atoms with E-state index in [-0.39, 0.29) is 0 Å². The highest BCUT2D eigenvalue weighted by Gasteiger charge is 1.78. The number of carboxylic acids is 1. The fourth-order valence-corrected chi connectivity index (χ4v) is 0.196. The third kappa shape index (κ3) is 7.91. The van der Waals surface area contributed by atoms with E-state index in [1.165, 1.54) is 0 Å². The van der Waals surface area contributed by atoms with E-state index in [9.17, 15) is 4.79 Å². The van der Waals surface area contributed by atoms with Crippen molar-refractivity contribution in [3.05, 3.63) is 0 Å². The van der Waals surface area contributed by atoms with Crippen LogP contribution in [0.25, 0.3) is 0 Å². The predicted molar refractivity (Wildman–Crippen MR) is 34.7 cm³/mol. The molecule has 4 nitrogen and oxygen atoms in total. The highest BCUT2D eigenvalue weighted by atomic mass is 17.1. The molecule has 0 aliphatic heterocycles. The second kappa shape index (κ2) is 6.04. The van der Waals surface area contributed by atoms with Gasteiger partial charge < -0.3 is 5.11 Å². The van der Waals surface area contributed by atoms with Crippen molar-refractivity contribution in [1.29, 1.82) is 0 Å². The summed E-state index contributed by atoms with van der Waals surface area (Å²) in [5.41, 5.74) is 0. The fraction of sp³-hybridized carbons (Fsp3) is 0. The summed E-state index contributed by atoms with van der Waals surface area (Å²) >= 11 is 0.